The van der Waals surface area contributed by atoms with E-state index in [1.807, 2.05) is 6.92 Å². The maximum absolute atomic E-state index is 13.2. The highest BCUT2D eigenvalue weighted by Crippen LogP contribution is 2.34. The number of pyridine rings is 1. The van der Waals surface area contributed by atoms with Crippen molar-refractivity contribution in [1.29, 1.82) is 0 Å². The first-order chi connectivity index (χ1) is 13.8. The van der Waals surface area contributed by atoms with E-state index in [4.69, 9.17) is 0 Å². The van der Waals surface area contributed by atoms with Crippen LogP contribution < -0.4 is 5.56 Å². The van der Waals surface area contributed by atoms with Crippen LogP contribution in [0.1, 0.15) is 69.4 Å². The smallest absolute Gasteiger partial charge is 0.416 e. The number of nitrogens with zero attached hydrogens (tertiary/aromatic N) is 2. The third-order valence-corrected chi connectivity index (χ3v) is 5.57. The van der Waals surface area contributed by atoms with Crippen molar-refractivity contribution in [2.45, 2.75) is 77.1 Å². The van der Waals surface area contributed by atoms with Crippen molar-refractivity contribution < 1.29 is 18.3 Å². The molecule has 0 aliphatic heterocycles. The van der Waals surface area contributed by atoms with Crippen LogP contribution in [-0.2, 0) is 12.7 Å². The number of aliphatic imine (C=N–C) groups is 1. The van der Waals surface area contributed by atoms with Crippen LogP contribution in [0.3, 0.4) is 0 Å². The summed E-state index contributed by atoms with van der Waals surface area (Å²) in [6.45, 7) is 2.43. The van der Waals surface area contributed by atoms with Gasteiger partial charge in [0, 0.05) is 24.2 Å². The predicted molar refractivity (Wildman–Crippen MR) is 109 cm³/mol. The van der Waals surface area contributed by atoms with E-state index < -0.39 is 23.0 Å². The molecule has 1 saturated carbocycles. The molecule has 0 spiro atoms. The summed E-state index contributed by atoms with van der Waals surface area (Å²) >= 11 is 0. The Morgan fingerprint density at radius 2 is 1.93 bits per heavy atom. The Hall–Kier alpha value is -2.31. The third-order valence-electron chi connectivity index (χ3n) is 5.57. The third kappa shape index (κ3) is 4.82. The van der Waals surface area contributed by atoms with Gasteiger partial charge in [0.1, 0.15) is 11.3 Å². The zero-order valence-corrected chi connectivity index (χ0v) is 16.6. The van der Waals surface area contributed by atoms with Crippen molar-refractivity contribution in [3.63, 3.8) is 0 Å². The maximum Gasteiger partial charge on any atom is 0.416 e. The summed E-state index contributed by atoms with van der Waals surface area (Å²) in [5.74, 6) is -0.428. The quantitative estimate of drug-likeness (QED) is 0.495. The molecule has 0 atom stereocenters. The van der Waals surface area contributed by atoms with Crippen molar-refractivity contribution in [1.82, 2.24) is 4.57 Å². The number of fused-ring (bicyclic) bond motifs is 1. The summed E-state index contributed by atoms with van der Waals surface area (Å²) in [6, 6.07) is 3.23. The molecular weight excluding hydrogens is 381 g/mol. The Labute approximate surface area is 168 Å². The Balaban J connectivity index is 2.12. The number of halogens is 3. The van der Waals surface area contributed by atoms with Crippen LogP contribution in [0.25, 0.3) is 10.9 Å². The van der Waals surface area contributed by atoms with Gasteiger partial charge >= 0.3 is 6.18 Å². The second kappa shape index (κ2) is 9.01. The molecule has 0 amide bonds. The molecule has 29 heavy (non-hydrogen) atoms. The monoisotopic (exact) mass is 408 g/mol. The van der Waals surface area contributed by atoms with E-state index in [2.05, 4.69) is 4.99 Å². The molecule has 4 nitrogen and oxygen atoms in total. The fraction of sp³-hybridized carbons (Fsp3) is 0.545. The maximum atomic E-state index is 13.2. The largest absolute Gasteiger partial charge is 0.506 e. The molecule has 3 rings (SSSR count). The van der Waals surface area contributed by atoms with E-state index in [0.717, 1.165) is 63.5 Å². The minimum Gasteiger partial charge on any atom is -0.506 e. The molecule has 0 radical (unpaired) electrons. The van der Waals surface area contributed by atoms with Crippen LogP contribution >= 0.6 is 0 Å². The standard InChI is InChI=1S/C22H27F3N2O2/c1-2-3-7-12-27-19-11-10-15(22(23,24)25)13-17(19)20(28)18(21(27)29)14-26-16-8-5-4-6-9-16/h10-11,13-14,16,28H,2-9,12H2,1H3. The lowest BCUT2D eigenvalue weighted by molar-refractivity contribution is -0.137. The van der Waals surface area contributed by atoms with E-state index in [9.17, 15) is 23.1 Å². The van der Waals surface area contributed by atoms with Crippen molar-refractivity contribution in [3.05, 3.63) is 39.7 Å². The van der Waals surface area contributed by atoms with Crippen LogP contribution in [0, 0.1) is 0 Å². The van der Waals surface area contributed by atoms with Gasteiger partial charge in [-0.05, 0) is 37.5 Å². The van der Waals surface area contributed by atoms with Crippen LogP contribution in [0.2, 0.25) is 0 Å². The summed E-state index contributed by atoms with van der Waals surface area (Å²) < 4.78 is 41.0. The van der Waals surface area contributed by atoms with Crippen molar-refractivity contribution in [2.75, 3.05) is 0 Å². The fourth-order valence-corrected chi connectivity index (χ4v) is 3.91. The number of hydrogen-bond acceptors (Lipinski definition) is 3. The molecule has 158 valence electrons. The molecule has 0 saturated heterocycles. The van der Waals surface area contributed by atoms with Gasteiger partial charge in [0.25, 0.3) is 5.56 Å². The van der Waals surface area contributed by atoms with Gasteiger partial charge in [-0.2, -0.15) is 13.2 Å². The number of aromatic nitrogens is 1. The number of alkyl halides is 3. The van der Waals surface area contributed by atoms with E-state index in [1.165, 1.54) is 16.8 Å². The molecule has 1 aliphatic rings. The van der Waals surface area contributed by atoms with E-state index in [0.29, 0.717) is 12.1 Å². The van der Waals surface area contributed by atoms with Gasteiger partial charge in [-0.3, -0.25) is 9.79 Å². The lowest BCUT2D eigenvalue weighted by atomic mass is 9.96. The van der Waals surface area contributed by atoms with E-state index in [1.54, 1.807) is 0 Å². The second-order valence-corrected chi connectivity index (χ2v) is 7.73. The summed E-state index contributed by atoms with van der Waals surface area (Å²) in [4.78, 5) is 17.5. The normalized spacial score (nSPS) is 16.1. The molecule has 1 aromatic heterocycles. The summed E-state index contributed by atoms with van der Waals surface area (Å²) in [6.07, 6.45) is 4.59. The van der Waals surface area contributed by atoms with Gasteiger partial charge in [0.05, 0.1) is 11.1 Å². The number of hydrogen-bond donors (Lipinski definition) is 1. The van der Waals surface area contributed by atoms with E-state index in [-0.39, 0.29) is 17.0 Å². The SMILES string of the molecule is CCCCCn1c(=O)c(C=NC2CCCCC2)c(O)c2cc(C(F)(F)F)ccc21. The highest BCUT2D eigenvalue weighted by Gasteiger charge is 2.31. The number of aryl methyl sites for hydroxylation is 1. The Morgan fingerprint density at radius 1 is 1.21 bits per heavy atom. The number of rotatable bonds is 6. The predicted octanol–water partition coefficient (Wildman–Crippen LogP) is 5.67. The Kier molecular flexibility index (Phi) is 6.65. The highest BCUT2D eigenvalue weighted by atomic mass is 19.4. The molecule has 2 aromatic rings. The topological polar surface area (TPSA) is 54.6 Å². The lowest BCUT2D eigenvalue weighted by Gasteiger charge is -2.18. The van der Waals surface area contributed by atoms with Crippen LogP contribution in [0.15, 0.2) is 28.0 Å². The minimum atomic E-state index is -4.53. The molecule has 1 aliphatic carbocycles. The summed E-state index contributed by atoms with van der Waals surface area (Å²) in [5, 5.41) is 10.7. The first-order valence-electron chi connectivity index (χ1n) is 10.3. The van der Waals surface area contributed by atoms with Gasteiger partial charge in [-0.15, -0.1) is 0 Å². The zero-order valence-electron chi connectivity index (χ0n) is 16.6. The van der Waals surface area contributed by atoms with Crippen molar-refractivity contribution >= 4 is 17.1 Å². The summed E-state index contributed by atoms with van der Waals surface area (Å²) in [7, 11) is 0. The molecule has 1 aromatic carbocycles. The van der Waals surface area contributed by atoms with Crippen LogP contribution in [0.5, 0.6) is 5.75 Å². The van der Waals surface area contributed by atoms with Gasteiger partial charge in [-0.1, -0.05) is 39.0 Å². The van der Waals surface area contributed by atoms with Gasteiger partial charge < -0.3 is 9.67 Å². The van der Waals surface area contributed by atoms with Crippen molar-refractivity contribution in [3.8, 4) is 5.75 Å². The van der Waals surface area contributed by atoms with Gasteiger partial charge in [-0.25, -0.2) is 0 Å². The summed E-state index contributed by atoms with van der Waals surface area (Å²) in [5.41, 5.74) is -0.982. The second-order valence-electron chi connectivity index (χ2n) is 7.73. The first-order valence-corrected chi connectivity index (χ1v) is 10.3. The number of benzene rings is 1. The molecular formula is C22H27F3N2O2. The molecule has 7 heteroatoms. The highest BCUT2D eigenvalue weighted by molar-refractivity contribution is 5.95. The lowest BCUT2D eigenvalue weighted by Crippen LogP contribution is -2.25. The first kappa shape index (κ1) is 21.4. The van der Waals surface area contributed by atoms with Crippen LogP contribution in [0.4, 0.5) is 13.2 Å². The van der Waals surface area contributed by atoms with Crippen molar-refractivity contribution in [2.24, 2.45) is 4.99 Å². The molecule has 0 bridgehead atoms. The Bertz CT molecular complexity index is 942. The van der Waals surface area contributed by atoms with E-state index >= 15 is 0 Å². The molecule has 1 fully saturated rings. The minimum absolute atomic E-state index is 0.0287. The molecule has 0 unspecified atom stereocenters. The zero-order chi connectivity index (χ0) is 21.0. The number of aromatic hydroxyl groups is 1. The molecule has 1 N–H and O–H groups in total. The van der Waals surface area contributed by atoms with Gasteiger partial charge in [0.15, 0.2) is 0 Å². The number of unbranched alkanes of at least 4 members (excludes halogenated alkanes) is 2. The Morgan fingerprint density at radius 3 is 2.59 bits per heavy atom. The average Bonchev–Trinajstić information content (AvgIpc) is 2.70. The average molecular weight is 408 g/mol. The molecule has 1 heterocycles. The van der Waals surface area contributed by atoms with Gasteiger partial charge in [0.2, 0.25) is 0 Å². The fourth-order valence-electron chi connectivity index (χ4n) is 3.91. The van der Waals surface area contributed by atoms with Crippen LogP contribution in [-0.4, -0.2) is 21.9 Å².